The highest BCUT2D eigenvalue weighted by Gasteiger charge is 2.39. The second kappa shape index (κ2) is 4.03. The van der Waals surface area contributed by atoms with Crippen LogP contribution in [0.2, 0.25) is 0 Å². The number of amides is 1. The number of primary amides is 1. The first-order valence-electron chi connectivity index (χ1n) is 5.29. The van der Waals surface area contributed by atoms with Crippen LogP contribution in [0.25, 0.3) is 0 Å². The third-order valence-corrected chi connectivity index (χ3v) is 2.91. The van der Waals surface area contributed by atoms with Crippen molar-refractivity contribution in [2.75, 3.05) is 0 Å². The molecule has 15 heavy (non-hydrogen) atoms. The summed E-state index contributed by atoms with van der Waals surface area (Å²) >= 11 is 0. The fraction of sp³-hybridized carbons (Fsp3) is 0.417. The van der Waals surface area contributed by atoms with E-state index in [1.165, 1.54) is 5.56 Å². The maximum absolute atomic E-state index is 10.9. The number of nitrogens with one attached hydrogen (secondary N) is 1. The second-order valence-electron chi connectivity index (χ2n) is 4.15. The Kier molecular flexibility index (Phi) is 2.73. The second-order valence-corrected chi connectivity index (χ2v) is 4.15. The molecule has 3 N–H and O–H groups in total. The van der Waals surface area contributed by atoms with Crippen LogP contribution in [0.3, 0.4) is 0 Å². The smallest absolute Gasteiger partial charge is 0.234 e. The van der Waals surface area contributed by atoms with Crippen molar-refractivity contribution in [2.45, 2.75) is 31.3 Å². The van der Waals surface area contributed by atoms with Crippen molar-refractivity contribution in [3.63, 3.8) is 0 Å². The highest BCUT2D eigenvalue weighted by atomic mass is 16.1. The van der Waals surface area contributed by atoms with Gasteiger partial charge < -0.3 is 11.1 Å². The van der Waals surface area contributed by atoms with Crippen LogP contribution in [0.15, 0.2) is 30.3 Å². The van der Waals surface area contributed by atoms with Gasteiger partial charge in [-0.15, -0.1) is 0 Å². The molecule has 1 saturated carbocycles. The van der Waals surface area contributed by atoms with E-state index in [0.29, 0.717) is 12.0 Å². The van der Waals surface area contributed by atoms with Gasteiger partial charge in [-0.3, -0.25) is 4.79 Å². The van der Waals surface area contributed by atoms with Crippen molar-refractivity contribution >= 4 is 5.91 Å². The van der Waals surface area contributed by atoms with Crippen LogP contribution in [0.4, 0.5) is 0 Å². The molecule has 1 amide bonds. The van der Waals surface area contributed by atoms with E-state index in [1.54, 1.807) is 0 Å². The molecule has 0 spiro atoms. The lowest BCUT2D eigenvalue weighted by molar-refractivity contribution is -0.119. The highest BCUT2D eigenvalue weighted by Crippen LogP contribution is 2.40. The number of nitrogens with two attached hydrogens (primary N) is 1. The van der Waals surface area contributed by atoms with Crippen LogP contribution in [-0.2, 0) is 4.79 Å². The third kappa shape index (κ3) is 2.36. The summed E-state index contributed by atoms with van der Waals surface area (Å²) in [5.41, 5.74) is 6.53. The van der Waals surface area contributed by atoms with Gasteiger partial charge in [-0.2, -0.15) is 0 Å². The summed E-state index contributed by atoms with van der Waals surface area (Å²) in [5, 5.41) is 3.23. The summed E-state index contributed by atoms with van der Waals surface area (Å²) in [6.45, 7) is 1.81. The van der Waals surface area contributed by atoms with Gasteiger partial charge in [0.1, 0.15) is 0 Å². The zero-order valence-electron chi connectivity index (χ0n) is 8.81. The molecule has 3 unspecified atom stereocenters. The molecule has 0 bridgehead atoms. The summed E-state index contributed by atoms with van der Waals surface area (Å²) in [7, 11) is 0. The van der Waals surface area contributed by atoms with E-state index in [-0.39, 0.29) is 11.9 Å². The molecule has 0 aliphatic heterocycles. The molecule has 0 heterocycles. The van der Waals surface area contributed by atoms with E-state index in [0.717, 1.165) is 6.42 Å². The monoisotopic (exact) mass is 204 g/mol. The van der Waals surface area contributed by atoms with Gasteiger partial charge in [0.2, 0.25) is 5.91 Å². The van der Waals surface area contributed by atoms with E-state index in [9.17, 15) is 4.79 Å². The van der Waals surface area contributed by atoms with Gasteiger partial charge in [0.05, 0.1) is 6.04 Å². The summed E-state index contributed by atoms with van der Waals surface area (Å²) in [6.07, 6.45) is 1.10. The fourth-order valence-corrected chi connectivity index (χ4v) is 1.85. The molecule has 1 fully saturated rings. The molecule has 1 aromatic carbocycles. The number of carbonyl (C=O) groups excluding carboxylic acids is 1. The Labute approximate surface area is 89.7 Å². The average Bonchev–Trinajstić information content (AvgIpc) is 2.98. The van der Waals surface area contributed by atoms with Gasteiger partial charge in [0.25, 0.3) is 0 Å². The lowest BCUT2D eigenvalue weighted by atomic mass is 10.1. The maximum Gasteiger partial charge on any atom is 0.234 e. The molecule has 1 aliphatic carbocycles. The summed E-state index contributed by atoms with van der Waals surface area (Å²) < 4.78 is 0. The Hall–Kier alpha value is -1.35. The molecule has 3 heteroatoms. The van der Waals surface area contributed by atoms with Gasteiger partial charge in [0.15, 0.2) is 0 Å². The largest absolute Gasteiger partial charge is 0.368 e. The summed E-state index contributed by atoms with van der Waals surface area (Å²) in [6, 6.07) is 10.5. The number of hydrogen-bond acceptors (Lipinski definition) is 2. The Morgan fingerprint density at radius 2 is 2.13 bits per heavy atom. The summed E-state index contributed by atoms with van der Waals surface area (Å²) in [4.78, 5) is 10.9. The van der Waals surface area contributed by atoms with Crippen molar-refractivity contribution in [1.82, 2.24) is 5.32 Å². The fourth-order valence-electron chi connectivity index (χ4n) is 1.85. The minimum Gasteiger partial charge on any atom is -0.368 e. The van der Waals surface area contributed by atoms with E-state index in [4.69, 9.17) is 5.73 Å². The normalized spacial score (nSPS) is 25.9. The molecule has 1 aliphatic rings. The quantitative estimate of drug-likeness (QED) is 0.769. The van der Waals surface area contributed by atoms with Gasteiger partial charge in [-0.25, -0.2) is 0 Å². The zero-order valence-corrected chi connectivity index (χ0v) is 8.81. The first kappa shape index (κ1) is 10.2. The van der Waals surface area contributed by atoms with Crippen LogP contribution < -0.4 is 11.1 Å². The van der Waals surface area contributed by atoms with E-state index < -0.39 is 0 Å². The van der Waals surface area contributed by atoms with Crippen LogP contribution in [0.1, 0.15) is 24.8 Å². The SMILES string of the molecule is CC(NC1CC1c1ccccc1)C(N)=O. The molecule has 2 rings (SSSR count). The first-order chi connectivity index (χ1) is 7.18. The van der Waals surface area contributed by atoms with Gasteiger partial charge >= 0.3 is 0 Å². The van der Waals surface area contributed by atoms with Crippen LogP contribution >= 0.6 is 0 Å². The molecule has 0 radical (unpaired) electrons. The Balaban J connectivity index is 1.89. The molecular formula is C12H16N2O. The molecule has 80 valence electrons. The maximum atomic E-state index is 10.9. The van der Waals surface area contributed by atoms with E-state index >= 15 is 0 Å². The van der Waals surface area contributed by atoms with E-state index in [2.05, 4.69) is 17.4 Å². The minimum absolute atomic E-state index is 0.233. The lowest BCUT2D eigenvalue weighted by Crippen LogP contribution is -2.40. The van der Waals surface area contributed by atoms with Crippen molar-refractivity contribution in [3.05, 3.63) is 35.9 Å². The first-order valence-corrected chi connectivity index (χ1v) is 5.29. The average molecular weight is 204 g/mol. The van der Waals surface area contributed by atoms with Crippen LogP contribution in [-0.4, -0.2) is 18.0 Å². The van der Waals surface area contributed by atoms with Crippen molar-refractivity contribution in [2.24, 2.45) is 5.73 Å². The van der Waals surface area contributed by atoms with E-state index in [1.807, 2.05) is 25.1 Å². The number of rotatable bonds is 4. The Bertz CT molecular complexity index is 350. The number of benzene rings is 1. The number of hydrogen-bond donors (Lipinski definition) is 2. The standard InChI is InChI=1S/C12H16N2O/c1-8(12(13)15)14-11-7-10(11)9-5-3-2-4-6-9/h2-6,8,10-11,14H,7H2,1H3,(H2,13,15). The zero-order chi connectivity index (χ0) is 10.8. The predicted molar refractivity (Wildman–Crippen MR) is 59.4 cm³/mol. The van der Waals surface area contributed by atoms with Gasteiger partial charge in [-0.05, 0) is 18.9 Å². The molecular weight excluding hydrogens is 188 g/mol. The molecule has 0 aromatic heterocycles. The summed E-state index contributed by atoms with van der Waals surface area (Å²) in [5.74, 6) is 0.265. The molecule has 3 nitrogen and oxygen atoms in total. The number of carbonyl (C=O) groups is 1. The highest BCUT2D eigenvalue weighted by molar-refractivity contribution is 5.79. The van der Waals surface area contributed by atoms with Gasteiger partial charge in [0, 0.05) is 12.0 Å². The lowest BCUT2D eigenvalue weighted by Gasteiger charge is -2.09. The Morgan fingerprint density at radius 3 is 2.73 bits per heavy atom. The molecule has 3 atom stereocenters. The van der Waals surface area contributed by atoms with Gasteiger partial charge in [-0.1, -0.05) is 30.3 Å². The molecule has 1 aromatic rings. The van der Waals surface area contributed by atoms with Crippen LogP contribution in [0, 0.1) is 0 Å². The van der Waals surface area contributed by atoms with Crippen molar-refractivity contribution in [3.8, 4) is 0 Å². The predicted octanol–water partition coefficient (Wildman–Crippen LogP) is 1.01. The van der Waals surface area contributed by atoms with Crippen molar-refractivity contribution < 1.29 is 4.79 Å². The Morgan fingerprint density at radius 1 is 1.47 bits per heavy atom. The van der Waals surface area contributed by atoms with Crippen molar-refractivity contribution in [1.29, 1.82) is 0 Å². The third-order valence-electron chi connectivity index (χ3n) is 2.91. The minimum atomic E-state index is -0.284. The van der Waals surface area contributed by atoms with Crippen LogP contribution in [0.5, 0.6) is 0 Å². The molecule has 0 saturated heterocycles. The topological polar surface area (TPSA) is 55.1 Å².